The zero-order chi connectivity index (χ0) is 23.6. The summed E-state index contributed by atoms with van der Waals surface area (Å²) >= 11 is 0. The van der Waals surface area contributed by atoms with Crippen molar-refractivity contribution in [2.24, 2.45) is 5.73 Å². The maximum atomic E-state index is 11.0. The Kier molecular flexibility index (Phi) is 8.88. The van der Waals surface area contributed by atoms with E-state index >= 15 is 0 Å². The van der Waals surface area contributed by atoms with Crippen LogP contribution in [-0.4, -0.2) is 39.0 Å². The van der Waals surface area contributed by atoms with Gasteiger partial charge in [0.15, 0.2) is 5.69 Å². The van der Waals surface area contributed by atoms with E-state index in [1.54, 1.807) is 13.1 Å². The predicted molar refractivity (Wildman–Crippen MR) is 123 cm³/mol. The summed E-state index contributed by atoms with van der Waals surface area (Å²) in [5, 5.41) is 11.6. The van der Waals surface area contributed by atoms with Crippen LogP contribution in [0.3, 0.4) is 0 Å². The summed E-state index contributed by atoms with van der Waals surface area (Å²) in [4.78, 5) is 15.2. The number of ether oxygens (including phenoxy) is 2. The predicted octanol–water partition coefficient (Wildman–Crippen LogP) is 4.18. The quantitative estimate of drug-likeness (QED) is 0.565. The molecule has 0 saturated heterocycles. The first-order valence-corrected chi connectivity index (χ1v) is 11.2. The molecular formula is C24H31N5O4. The van der Waals surface area contributed by atoms with E-state index in [2.05, 4.69) is 27.3 Å². The van der Waals surface area contributed by atoms with Crippen LogP contribution >= 0.6 is 0 Å². The maximum absolute atomic E-state index is 11.0. The topological polar surface area (TPSA) is 126 Å². The van der Waals surface area contributed by atoms with E-state index in [0.717, 1.165) is 23.4 Å². The number of hydrogen-bond donors (Lipinski definition) is 1. The van der Waals surface area contributed by atoms with E-state index in [-0.39, 0.29) is 18.2 Å². The number of primary amides is 1. The van der Waals surface area contributed by atoms with Crippen LogP contribution in [0.5, 0.6) is 5.88 Å². The lowest BCUT2D eigenvalue weighted by atomic mass is 9.98. The first kappa shape index (κ1) is 24.3. The van der Waals surface area contributed by atoms with Crippen LogP contribution in [-0.2, 0) is 11.3 Å². The SMILES string of the molecule is CCOC1CCCCC1.Cc1ccc(-c2noc(C)c2COc2ccc(C(N)=O)nn2)cn1. The maximum Gasteiger partial charge on any atom is 0.269 e. The molecule has 4 rings (SSSR count). The number of rotatable bonds is 7. The molecule has 1 aliphatic rings. The van der Waals surface area contributed by atoms with E-state index < -0.39 is 5.91 Å². The normalized spacial score (nSPS) is 13.8. The van der Waals surface area contributed by atoms with Crippen LogP contribution in [0.4, 0.5) is 0 Å². The highest BCUT2D eigenvalue weighted by molar-refractivity contribution is 5.90. The monoisotopic (exact) mass is 453 g/mol. The number of aromatic nitrogens is 4. The van der Waals surface area contributed by atoms with Gasteiger partial charge in [0.05, 0.1) is 11.7 Å². The van der Waals surface area contributed by atoms with Gasteiger partial charge in [-0.15, -0.1) is 10.2 Å². The Labute approximate surface area is 193 Å². The van der Waals surface area contributed by atoms with Crippen LogP contribution in [0.15, 0.2) is 35.0 Å². The van der Waals surface area contributed by atoms with Gasteiger partial charge in [0.25, 0.3) is 5.91 Å². The third-order valence-electron chi connectivity index (χ3n) is 5.38. The summed E-state index contributed by atoms with van der Waals surface area (Å²) in [6.07, 6.45) is 9.11. The van der Waals surface area contributed by atoms with E-state index in [0.29, 0.717) is 17.6 Å². The Morgan fingerprint density at radius 2 is 1.91 bits per heavy atom. The first-order valence-electron chi connectivity index (χ1n) is 11.2. The number of nitrogens with zero attached hydrogens (tertiary/aromatic N) is 4. The van der Waals surface area contributed by atoms with Gasteiger partial charge in [-0.1, -0.05) is 24.4 Å². The molecule has 0 atom stereocenters. The molecule has 1 saturated carbocycles. The van der Waals surface area contributed by atoms with Gasteiger partial charge < -0.3 is 19.7 Å². The van der Waals surface area contributed by atoms with Gasteiger partial charge in [0.1, 0.15) is 18.1 Å². The molecule has 9 nitrogen and oxygen atoms in total. The van der Waals surface area contributed by atoms with Gasteiger partial charge in [-0.2, -0.15) is 0 Å². The second kappa shape index (κ2) is 12.1. The summed E-state index contributed by atoms with van der Waals surface area (Å²) in [7, 11) is 0. The summed E-state index contributed by atoms with van der Waals surface area (Å²) in [6.45, 7) is 6.89. The van der Waals surface area contributed by atoms with Crippen LogP contribution in [0.25, 0.3) is 11.3 Å². The minimum atomic E-state index is -0.641. The second-order valence-corrected chi connectivity index (χ2v) is 7.88. The number of nitrogens with two attached hydrogens (primary N) is 1. The first-order chi connectivity index (χ1) is 16.0. The fraction of sp³-hybridized carbons (Fsp3) is 0.458. The third-order valence-corrected chi connectivity index (χ3v) is 5.38. The molecule has 0 unspecified atom stereocenters. The molecule has 0 aliphatic heterocycles. The number of carbonyl (C=O) groups is 1. The number of pyridine rings is 1. The average molecular weight is 454 g/mol. The molecule has 0 aromatic carbocycles. The van der Waals surface area contributed by atoms with Gasteiger partial charge in [-0.3, -0.25) is 9.78 Å². The van der Waals surface area contributed by atoms with Crippen molar-refractivity contribution >= 4 is 5.91 Å². The molecule has 176 valence electrons. The van der Waals surface area contributed by atoms with Crippen LogP contribution < -0.4 is 10.5 Å². The van der Waals surface area contributed by atoms with Crippen LogP contribution in [0.1, 0.15) is 66.5 Å². The molecule has 0 radical (unpaired) electrons. The second-order valence-electron chi connectivity index (χ2n) is 7.88. The molecule has 0 spiro atoms. The Hall–Kier alpha value is -3.33. The number of amides is 1. The van der Waals surface area contributed by atoms with Gasteiger partial charge in [-0.25, -0.2) is 0 Å². The van der Waals surface area contributed by atoms with Crippen molar-refractivity contribution in [2.45, 2.75) is 65.6 Å². The van der Waals surface area contributed by atoms with Gasteiger partial charge in [0, 0.05) is 30.1 Å². The van der Waals surface area contributed by atoms with Crippen molar-refractivity contribution in [1.82, 2.24) is 20.3 Å². The van der Waals surface area contributed by atoms with Crippen LogP contribution in [0, 0.1) is 13.8 Å². The zero-order valence-corrected chi connectivity index (χ0v) is 19.4. The highest BCUT2D eigenvalue weighted by Crippen LogP contribution is 2.26. The average Bonchev–Trinajstić information content (AvgIpc) is 3.20. The third kappa shape index (κ3) is 7.08. The highest BCUT2D eigenvalue weighted by Gasteiger charge is 2.16. The van der Waals surface area contributed by atoms with Crippen LogP contribution in [0.2, 0.25) is 0 Å². The molecule has 3 aromatic rings. The molecule has 0 bridgehead atoms. The van der Waals surface area contributed by atoms with Crippen molar-refractivity contribution in [3.05, 3.63) is 53.2 Å². The lowest BCUT2D eigenvalue weighted by molar-refractivity contribution is 0.0368. The molecule has 3 heterocycles. The fourth-order valence-corrected chi connectivity index (χ4v) is 3.54. The minimum absolute atomic E-state index is 0.0786. The lowest BCUT2D eigenvalue weighted by Gasteiger charge is -2.20. The summed E-state index contributed by atoms with van der Waals surface area (Å²) in [6, 6.07) is 6.81. The Morgan fingerprint density at radius 3 is 2.52 bits per heavy atom. The van der Waals surface area contributed by atoms with E-state index in [1.165, 1.54) is 44.2 Å². The molecule has 3 aromatic heterocycles. The Bertz CT molecular complexity index is 1010. The van der Waals surface area contributed by atoms with Gasteiger partial charge in [-0.05, 0) is 51.8 Å². The summed E-state index contributed by atoms with van der Waals surface area (Å²) in [5.74, 6) is 0.277. The molecular weight excluding hydrogens is 422 g/mol. The molecule has 33 heavy (non-hydrogen) atoms. The van der Waals surface area contributed by atoms with Crippen molar-refractivity contribution in [1.29, 1.82) is 0 Å². The van der Waals surface area contributed by atoms with E-state index in [4.69, 9.17) is 19.7 Å². The number of aryl methyl sites for hydroxylation is 2. The van der Waals surface area contributed by atoms with E-state index in [1.807, 2.05) is 19.1 Å². The molecule has 1 fully saturated rings. The van der Waals surface area contributed by atoms with Gasteiger partial charge >= 0.3 is 0 Å². The minimum Gasteiger partial charge on any atom is -0.472 e. The van der Waals surface area contributed by atoms with Gasteiger partial charge in [0.2, 0.25) is 5.88 Å². The van der Waals surface area contributed by atoms with Crippen molar-refractivity contribution < 1.29 is 18.8 Å². The number of carbonyl (C=O) groups excluding carboxylic acids is 1. The van der Waals surface area contributed by atoms with Crippen molar-refractivity contribution in [3.63, 3.8) is 0 Å². The molecule has 1 aliphatic carbocycles. The largest absolute Gasteiger partial charge is 0.472 e. The smallest absolute Gasteiger partial charge is 0.269 e. The molecule has 9 heteroatoms. The highest BCUT2D eigenvalue weighted by atomic mass is 16.5. The lowest BCUT2D eigenvalue weighted by Crippen LogP contribution is -2.15. The zero-order valence-electron chi connectivity index (χ0n) is 19.4. The Morgan fingerprint density at radius 1 is 1.12 bits per heavy atom. The summed E-state index contributed by atoms with van der Waals surface area (Å²) < 4.78 is 16.4. The van der Waals surface area contributed by atoms with Crippen molar-refractivity contribution in [2.75, 3.05) is 6.61 Å². The summed E-state index contributed by atoms with van der Waals surface area (Å²) in [5.41, 5.74) is 8.42. The Balaban J connectivity index is 0.000000286. The standard InChI is InChI=1S/C16H15N5O3.C8H16O/c1-9-3-4-11(7-18-9)15-12(10(2)24-21-15)8-23-14-6-5-13(16(17)22)19-20-14;1-2-9-8-6-4-3-5-7-8/h3-7H,8H2,1-2H3,(H2,17,22);8H,2-7H2,1H3. The van der Waals surface area contributed by atoms with E-state index in [9.17, 15) is 4.79 Å². The number of hydrogen-bond acceptors (Lipinski definition) is 8. The fourth-order valence-electron chi connectivity index (χ4n) is 3.54. The molecule has 2 N–H and O–H groups in total. The van der Waals surface area contributed by atoms with Crippen molar-refractivity contribution in [3.8, 4) is 17.1 Å². The molecule has 1 amide bonds.